The van der Waals surface area contributed by atoms with Crippen molar-refractivity contribution in [1.29, 1.82) is 0 Å². The highest BCUT2D eigenvalue weighted by molar-refractivity contribution is 8.00. The second kappa shape index (κ2) is 9.41. The molecule has 0 spiro atoms. The molecule has 1 amide bonds. The fourth-order valence-electron chi connectivity index (χ4n) is 3.13. The number of nitrogens with zero attached hydrogens (tertiary/aromatic N) is 1. The summed E-state index contributed by atoms with van der Waals surface area (Å²) < 4.78 is 10.4. The Hall–Kier alpha value is -2.09. The van der Waals surface area contributed by atoms with Crippen molar-refractivity contribution < 1.29 is 19.1 Å². The van der Waals surface area contributed by atoms with E-state index in [0.717, 1.165) is 10.6 Å². The highest BCUT2D eigenvalue weighted by Gasteiger charge is 2.27. The van der Waals surface area contributed by atoms with Crippen molar-refractivity contribution in [1.82, 2.24) is 0 Å². The van der Waals surface area contributed by atoms with Gasteiger partial charge < -0.3 is 9.47 Å². The first-order chi connectivity index (χ1) is 15.3. The Balaban J connectivity index is 1.59. The number of anilines is 1. The Kier molecular flexibility index (Phi) is 6.79. The van der Waals surface area contributed by atoms with E-state index >= 15 is 0 Å². The molecule has 0 atom stereocenters. The van der Waals surface area contributed by atoms with E-state index in [-0.39, 0.29) is 48.6 Å². The Morgan fingerprint density at radius 3 is 2.06 bits per heavy atom. The number of hydrogen-bond donors (Lipinski definition) is 0. The van der Waals surface area contributed by atoms with Crippen LogP contribution in [0.15, 0.2) is 53.4 Å². The lowest BCUT2D eigenvalue weighted by molar-refractivity contribution is 0.0735. The molecule has 1 aliphatic heterocycles. The summed E-state index contributed by atoms with van der Waals surface area (Å²) in [5, 5.41) is 0.322. The minimum Gasteiger partial charge on any atom is -0.494 e. The zero-order valence-corrected chi connectivity index (χ0v) is 20.2. The lowest BCUT2D eigenvalue weighted by atomic mass is 10.1. The summed E-state index contributed by atoms with van der Waals surface area (Å²) in [5.74, 6) is -0.398. The van der Waals surface area contributed by atoms with E-state index in [1.54, 1.807) is 16.7 Å². The second-order valence-corrected chi connectivity index (χ2v) is 9.22. The third-order valence-electron chi connectivity index (χ3n) is 4.63. The van der Waals surface area contributed by atoms with Crippen molar-refractivity contribution in [3.63, 3.8) is 0 Å². The standard InChI is InChI=1S/C22H13Cl4NO4S/c1-30-19-13(23)8-12(9-14(19)24)22(29)31-20-15(25)6-11(7-16(20)26)21(28)27-10-32-18-5-3-2-4-17(18)27/h2-9H,10H2,1H3. The van der Waals surface area contributed by atoms with E-state index in [9.17, 15) is 9.59 Å². The van der Waals surface area contributed by atoms with Gasteiger partial charge in [-0.25, -0.2) is 4.79 Å². The van der Waals surface area contributed by atoms with Crippen molar-refractivity contribution in [3.8, 4) is 11.5 Å². The third kappa shape index (κ3) is 4.38. The maximum Gasteiger partial charge on any atom is 0.343 e. The van der Waals surface area contributed by atoms with Gasteiger partial charge in [0.2, 0.25) is 0 Å². The molecular weight excluding hydrogens is 516 g/mol. The number of para-hydroxylation sites is 1. The van der Waals surface area contributed by atoms with Gasteiger partial charge in [0.1, 0.15) is 0 Å². The lowest BCUT2D eigenvalue weighted by Crippen LogP contribution is -2.27. The van der Waals surface area contributed by atoms with E-state index in [4.69, 9.17) is 55.9 Å². The van der Waals surface area contributed by atoms with E-state index < -0.39 is 5.97 Å². The van der Waals surface area contributed by atoms with Gasteiger partial charge in [-0.1, -0.05) is 58.5 Å². The van der Waals surface area contributed by atoms with Gasteiger partial charge in [0.05, 0.1) is 44.3 Å². The summed E-state index contributed by atoms with van der Waals surface area (Å²) in [6.07, 6.45) is 0. The lowest BCUT2D eigenvalue weighted by Gasteiger charge is -2.17. The second-order valence-electron chi connectivity index (χ2n) is 6.61. The predicted molar refractivity (Wildman–Crippen MR) is 128 cm³/mol. The summed E-state index contributed by atoms with van der Waals surface area (Å²) >= 11 is 26.4. The predicted octanol–water partition coefficient (Wildman–Crippen LogP) is 7.24. The molecule has 0 N–H and O–H groups in total. The molecule has 5 nitrogen and oxygen atoms in total. The van der Waals surface area contributed by atoms with E-state index in [1.165, 1.54) is 31.4 Å². The van der Waals surface area contributed by atoms with E-state index in [0.29, 0.717) is 5.88 Å². The van der Waals surface area contributed by atoms with Crippen LogP contribution in [0.1, 0.15) is 20.7 Å². The van der Waals surface area contributed by atoms with Crippen LogP contribution < -0.4 is 14.4 Å². The van der Waals surface area contributed by atoms with Crippen molar-refractivity contribution in [2.75, 3.05) is 17.9 Å². The molecule has 3 aromatic carbocycles. The Labute approximate surface area is 208 Å². The van der Waals surface area contributed by atoms with Gasteiger partial charge in [0, 0.05) is 10.5 Å². The van der Waals surface area contributed by atoms with Crippen LogP contribution in [0.3, 0.4) is 0 Å². The van der Waals surface area contributed by atoms with Crippen molar-refractivity contribution >= 4 is 75.7 Å². The van der Waals surface area contributed by atoms with Crippen LogP contribution >= 0.6 is 58.2 Å². The molecule has 0 unspecified atom stereocenters. The first-order valence-corrected chi connectivity index (χ1v) is 11.6. The zero-order valence-electron chi connectivity index (χ0n) is 16.3. The summed E-state index contributed by atoms with van der Waals surface area (Å²) in [5.41, 5.74) is 1.17. The number of halogens is 4. The highest BCUT2D eigenvalue weighted by atomic mass is 35.5. The molecule has 0 aromatic heterocycles. The molecule has 0 radical (unpaired) electrons. The number of fused-ring (bicyclic) bond motifs is 1. The SMILES string of the molecule is COc1c(Cl)cc(C(=O)Oc2c(Cl)cc(C(=O)N3CSc4ccccc43)cc2Cl)cc1Cl. The molecule has 32 heavy (non-hydrogen) atoms. The van der Waals surface area contributed by atoms with E-state index in [2.05, 4.69) is 0 Å². The van der Waals surface area contributed by atoms with Gasteiger partial charge in [-0.3, -0.25) is 9.69 Å². The van der Waals surface area contributed by atoms with Gasteiger partial charge >= 0.3 is 5.97 Å². The summed E-state index contributed by atoms with van der Waals surface area (Å²) in [4.78, 5) is 28.3. The molecule has 0 bridgehead atoms. The van der Waals surface area contributed by atoms with Crippen LogP contribution in [-0.2, 0) is 0 Å². The molecule has 10 heteroatoms. The first kappa shape index (κ1) is 23.1. The fraction of sp³-hybridized carbons (Fsp3) is 0.0909. The van der Waals surface area contributed by atoms with E-state index in [1.807, 2.05) is 24.3 Å². The van der Waals surface area contributed by atoms with Crippen molar-refractivity contribution in [3.05, 3.63) is 79.7 Å². The smallest absolute Gasteiger partial charge is 0.343 e. The molecule has 0 aliphatic carbocycles. The van der Waals surface area contributed by atoms with Crippen molar-refractivity contribution in [2.24, 2.45) is 0 Å². The van der Waals surface area contributed by atoms with Crippen molar-refractivity contribution in [2.45, 2.75) is 4.90 Å². The maximum absolute atomic E-state index is 13.1. The topological polar surface area (TPSA) is 55.8 Å². The number of benzene rings is 3. The van der Waals surface area contributed by atoms with Crippen LogP contribution in [0.25, 0.3) is 0 Å². The van der Waals surface area contributed by atoms with Gasteiger partial charge in [-0.15, -0.1) is 11.8 Å². The number of amides is 1. The minimum atomic E-state index is -0.774. The fourth-order valence-corrected chi connectivity index (χ4v) is 5.37. The average Bonchev–Trinajstić information content (AvgIpc) is 3.19. The van der Waals surface area contributed by atoms with Crippen LogP contribution in [0.4, 0.5) is 5.69 Å². The third-order valence-corrected chi connectivity index (χ3v) is 6.79. The molecule has 4 rings (SSSR count). The Morgan fingerprint density at radius 1 is 0.875 bits per heavy atom. The average molecular weight is 529 g/mol. The number of carbonyl (C=O) groups excluding carboxylic acids is 2. The number of thioether (sulfide) groups is 1. The van der Waals surface area contributed by atoms with Gasteiger partial charge in [0.15, 0.2) is 11.5 Å². The number of methoxy groups -OCH3 is 1. The van der Waals surface area contributed by atoms with Gasteiger partial charge in [0.25, 0.3) is 5.91 Å². The maximum atomic E-state index is 13.1. The molecular formula is C22H13Cl4NO4S. The van der Waals surface area contributed by atoms with Crippen LogP contribution in [0.2, 0.25) is 20.1 Å². The largest absolute Gasteiger partial charge is 0.494 e. The summed E-state index contributed by atoms with van der Waals surface area (Å²) in [6.45, 7) is 0. The normalized spacial score (nSPS) is 12.5. The molecule has 0 fully saturated rings. The van der Waals surface area contributed by atoms with Crippen LogP contribution in [-0.4, -0.2) is 24.9 Å². The number of hydrogen-bond acceptors (Lipinski definition) is 5. The van der Waals surface area contributed by atoms with Crippen LogP contribution in [0, 0.1) is 0 Å². The Bertz CT molecular complexity index is 1200. The van der Waals surface area contributed by atoms with Gasteiger partial charge in [-0.2, -0.15) is 0 Å². The number of esters is 1. The monoisotopic (exact) mass is 527 g/mol. The molecule has 1 heterocycles. The van der Waals surface area contributed by atoms with Gasteiger partial charge in [-0.05, 0) is 36.4 Å². The quantitative estimate of drug-likeness (QED) is 0.264. The summed E-state index contributed by atoms with van der Waals surface area (Å²) in [6, 6.07) is 13.2. The molecule has 3 aromatic rings. The molecule has 164 valence electrons. The first-order valence-electron chi connectivity index (χ1n) is 9.08. The van der Waals surface area contributed by atoms with Crippen LogP contribution in [0.5, 0.6) is 11.5 Å². The summed E-state index contributed by atoms with van der Waals surface area (Å²) in [7, 11) is 1.41. The molecule has 0 saturated carbocycles. The Morgan fingerprint density at radius 2 is 1.44 bits per heavy atom. The minimum absolute atomic E-state index is 0.0139. The molecule has 0 saturated heterocycles. The number of ether oxygens (including phenoxy) is 2. The molecule has 1 aliphatic rings. The number of carbonyl (C=O) groups is 2. The number of rotatable bonds is 4. The highest BCUT2D eigenvalue weighted by Crippen LogP contribution is 2.41. The zero-order chi connectivity index (χ0) is 23.0.